The van der Waals surface area contributed by atoms with Crippen LogP contribution in [-0.4, -0.2) is 44.4 Å². The molecule has 3 rings (SSSR count). The molecule has 0 unspecified atom stereocenters. The lowest BCUT2D eigenvalue weighted by molar-refractivity contribution is -0.117. The van der Waals surface area contributed by atoms with Gasteiger partial charge in [-0.15, -0.1) is 0 Å². The molecule has 2 aliphatic rings. The smallest absolute Gasteiger partial charge is 0.191 e. The Morgan fingerprint density at radius 1 is 1.12 bits per heavy atom. The number of piperidine rings is 1. The van der Waals surface area contributed by atoms with Gasteiger partial charge in [0, 0.05) is 27.2 Å². The number of nitriles is 1. The third kappa shape index (κ3) is 3.27. The van der Waals surface area contributed by atoms with Crippen LogP contribution in [0.4, 0.5) is 11.4 Å². The molecule has 0 N–H and O–H groups in total. The number of carbonyl (C=O) groups is 1. The highest BCUT2D eigenvalue weighted by molar-refractivity contribution is 6.03. The predicted octanol–water partition coefficient (Wildman–Crippen LogP) is 2.85. The standard InChI is InChI=1S/C20H26N4O/c1-14-9-15(2)12-24(11-14)13-19(25)16(10-21)20-22(3)17-7-5-6-8-18(17)23(20)4/h5-8,14-15H,9,11-13H2,1-4H3/t14-,15+. The van der Waals surface area contributed by atoms with E-state index in [1.54, 1.807) is 0 Å². The Balaban J connectivity index is 1.86. The minimum Gasteiger partial charge on any atom is -0.328 e. The second-order valence-electron chi connectivity index (χ2n) is 7.48. The molecule has 1 saturated heterocycles. The van der Waals surface area contributed by atoms with Gasteiger partial charge in [0.1, 0.15) is 17.5 Å². The summed E-state index contributed by atoms with van der Waals surface area (Å²) in [4.78, 5) is 19.0. The molecule has 1 fully saturated rings. The molecule has 0 aliphatic carbocycles. The van der Waals surface area contributed by atoms with E-state index >= 15 is 0 Å². The Bertz CT molecular complexity index is 707. The first kappa shape index (κ1) is 17.5. The highest BCUT2D eigenvalue weighted by Crippen LogP contribution is 2.40. The maximum atomic E-state index is 12.9. The monoisotopic (exact) mass is 338 g/mol. The van der Waals surface area contributed by atoms with E-state index in [1.165, 1.54) is 6.42 Å². The first-order valence-electron chi connectivity index (χ1n) is 8.88. The van der Waals surface area contributed by atoms with Gasteiger partial charge in [-0.2, -0.15) is 5.26 Å². The van der Waals surface area contributed by atoms with Crippen molar-refractivity contribution in [2.45, 2.75) is 20.3 Å². The Morgan fingerprint density at radius 2 is 1.64 bits per heavy atom. The minimum absolute atomic E-state index is 0.0923. The lowest BCUT2D eigenvalue weighted by Crippen LogP contribution is -2.42. The molecule has 1 aromatic carbocycles. The number of ketones is 1. The van der Waals surface area contributed by atoms with Crippen LogP contribution < -0.4 is 9.80 Å². The van der Waals surface area contributed by atoms with E-state index in [-0.39, 0.29) is 11.4 Å². The first-order valence-corrected chi connectivity index (χ1v) is 8.88. The molecule has 0 amide bonds. The topological polar surface area (TPSA) is 50.6 Å². The summed E-state index contributed by atoms with van der Waals surface area (Å²) >= 11 is 0. The summed E-state index contributed by atoms with van der Waals surface area (Å²) in [5.41, 5.74) is 2.27. The Labute approximate surface area is 150 Å². The van der Waals surface area contributed by atoms with E-state index in [4.69, 9.17) is 0 Å². The van der Waals surface area contributed by atoms with Crippen LogP contribution in [0, 0.1) is 23.2 Å². The molecule has 2 atom stereocenters. The van der Waals surface area contributed by atoms with Crippen LogP contribution in [0.25, 0.3) is 0 Å². The zero-order valence-corrected chi connectivity index (χ0v) is 15.5. The van der Waals surface area contributed by atoms with Gasteiger partial charge < -0.3 is 9.80 Å². The van der Waals surface area contributed by atoms with Crippen molar-refractivity contribution >= 4 is 17.2 Å². The van der Waals surface area contributed by atoms with Gasteiger partial charge in [0.15, 0.2) is 5.78 Å². The zero-order chi connectivity index (χ0) is 18.1. The first-order chi connectivity index (χ1) is 11.9. The van der Waals surface area contributed by atoms with Crippen LogP contribution in [0.15, 0.2) is 35.7 Å². The summed E-state index contributed by atoms with van der Waals surface area (Å²) in [7, 11) is 3.82. The maximum absolute atomic E-state index is 12.9. The van der Waals surface area contributed by atoms with Crippen LogP contribution >= 0.6 is 0 Å². The molecule has 25 heavy (non-hydrogen) atoms. The Hall–Kier alpha value is -2.32. The van der Waals surface area contributed by atoms with Crippen LogP contribution in [-0.2, 0) is 4.79 Å². The van der Waals surface area contributed by atoms with Crippen molar-refractivity contribution in [1.29, 1.82) is 5.26 Å². The lowest BCUT2D eigenvalue weighted by atomic mass is 9.91. The van der Waals surface area contributed by atoms with E-state index in [0.29, 0.717) is 24.2 Å². The zero-order valence-electron chi connectivity index (χ0n) is 15.5. The van der Waals surface area contributed by atoms with Crippen molar-refractivity contribution < 1.29 is 4.79 Å². The fourth-order valence-electron chi connectivity index (χ4n) is 4.26. The fraction of sp³-hybridized carbons (Fsp3) is 0.500. The van der Waals surface area contributed by atoms with Gasteiger partial charge in [-0.05, 0) is 30.4 Å². The molecule has 1 aromatic rings. The number of Topliss-reactive ketones (excluding diaryl/α,β-unsaturated/α-hetero) is 1. The van der Waals surface area contributed by atoms with Crippen LogP contribution in [0.2, 0.25) is 0 Å². The van der Waals surface area contributed by atoms with Crippen molar-refractivity contribution in [3.05, 3.63) is 35.7 Å². The van der Waals surface area contributed by atoms with Crippen molar-refractivity contribution in [2.75, 3.05) is 43.5 Å². The Kier molecular flexibility index (Phi) is 4.82. The quantitative estimate of drug-likeness (QED) is 0.626. The highest BCUT2D eigenvalue weighted by atomic mass is 16.1. The van der Waals surface area contributed by atoms with Gasteiger partial charge in [0.2, 0.25) is 0 Å². The van der Waals surface area contributed by atoms with E-state index in [9.17, 15) is 10.1 Å². The lowest BCUT2D eigenvalue weighted by Gasteiger charge is -2.34. The highest BCUT2D eigenvalue weighted by Gasteiger charge is 2.32. The fourth-order valence-corrected chi connectivity index (χ4v) is 4.26. The molecule has 2 aliphatic heterocycles. The SMILES string of the molecule is C[C@@H]1C[C@H](C)CN(CC(=O)C(C#N)=C2N(C)c3ccccc3N2C)C1. The normalized spacial score (nSPS) is 23.4. The number of likely N-dealkylation sites (tertiary alicyclic amines) is 1. The number of rotatable bonds is 3. The minimum atomic E-state index is -0.0923. The predicted molar refractivity (Wildman–Crippen MR) is 100 cm³/mol. The van der Waals surface area contributed by atoms with Crippen molar-refractivity contribution in [3.63, 3.8) is 0 Å². The van der Waals surface area contributed by atoms with E-state index < -0.39 is 0 Å². The van der Waals surface area contributed by atoms with Gasteiger partial charge in [0.05, 0.1) is 17.9 Å². The molecule has 5 nitrogen and oxygen atoms in total. The van der Waals surface area contributed by atoms with Gasteiger partial charge in [-0.1, -0.05) is 26.0 Å². The van der Waals surface area contributed by atoms with Crippen LogP contribution in [0.3, 0.4) is 0 Å². The number of hydrogen-bond donors (Lipinski definition) is 0. The van der Waals surface area contributed by atoms with Gasteiger partial charge in [-0.3, -0.25) is 9.69 Å². The van der Waals surface area contributed by atoms with Gasteiger partial charge in [-0.25, -0.2) is 0 Å². The van der Waals surface area contributed by atoms with Crippen LogP contribution in [0.1, 0.15) is 20.3 Å². The van der Waals surface area contributed by atoms with E-state index in [1.807, 2.05) is 48.2 Å². The third-order valence-electron chi connectivity index (χ3n) is 5.17. The van der Waals surface area contributed by atoms with Gasteiger partial charge >= 0.3 is 0 Å². The van der Waals surface area contributed by atoms with Crippen molar-refractivity contribution in [3.8, 4) is 6.07 Å². The molecule has 0 saturated carbocycles. The summed E-state index contributed by atoms with van der Waals surface area (Å²) in [5.74, 6) is 1.77. The molecular formula is C20H26N4O. The number of hydrogen-bond acceptors (Lipinski definition) is 5. The van der Waals surface area contributed by atoms with E-state index in [2.05, 4.69) is 24.8 Å². The molecule has 0 bridgehead atoms. The maximum Gasteiger partial charge on any atom is 0.191 e. The van der Waals surface area contributed by atoms with Crippen molar-refractivity contribution in [2.24, 2.45) is 11.8 Å². The molecule has 0 aromatic heterocycles. The number of carbonyl (C=O) groups excluding carboxylic acids is 1. The second kappa shape index (κ2) is 6.89. The average Bonchev–Trinajstić information content (AvgIpc) is 2.80. The number of fused-ring (bicyclic) bond motifs is 1. The number of anilines is 2. The van der Waals surface area contributed by atoms with Crippen LogP contribution in [0.5, 0.6) is 0 Å². The summed E-state index contributed by atoms with van der Waals surface area (Å²) in [5, 5.41) is 9.70. The second-order valence-corrected chi connectivity index (χ2v) is 7.48. The Morgan fingerprint density at radius 3 is 2.12 bits per heavy atom. The van der Waals surface area contributed by atoms with Gasteiger partial charge in [0.25, 0.3) is 0 Å². The number of benzene rings is 1. The third-order valence-corrected chi connectivity index (χ3v) is 5.17. The molecule has 2 heterocycles. The van der Waals surface area contributed by atoms with E-state index in [0.717, 1.165) is 24.5 Å². The molecule has 132 valence electrons. The van der Waals surface area contributed by atoms with Crippen molar-refractivity contribution in [1.82, 2.24) is 4.90 Å². The molecular weight excluding hydrogens is 312 g/mol. The summed E-state index contributed by atoms with van der Waals surface area (Å²) in [6, 6.07) is 10.1. The molecule has 0 radical (unpaired) electrons. The summed E-state index contributed by atoms with van der Waals surface area (Å²) in [6.07, 6.45) is 1.21. The summed E-state index contributed by atoms with van der Waals surface area (Å²) < 4.78 is 0. The average molecular weight is 338 g/mol. The number of nitrogens with zero attached hydrogens (tertiary/aromatic N) is 4. The summed E-state index contributed by atoms with van der Waals surface area (Å²) in [6.45, 7) is 6.63. The number of para-hydroxylation sites is 2. The molecule has 0 spiro atoms. The largest absolute Gasteiger partial charge is 0.328 e. The molecule has 5 heteroatoms.